The van der Waals surface area contributed by atoms with Crippen LogP contribution < -0.4 is 10.6 Å². The van der Waals surface area contributed by atoms with Gasteiger partial charge in [0.25, 0.3) is 0 Å². The number of hydrogen-bond acceptors (Lipinski definition) is 5. The first-order valence-corrected chi connectivity index (χ1v) is 10.6. The van der Waals surface area contributed by atoms with Crippen LogP contribution >= 0.6 is 11.8 Å². The van der Waals surface area contributed by atoms with E-state index >= 15 is 0 Å². The van der Waals surface area contributed by atoms with Crippen LogP contribution in [0.2, 0.25) is 0 Å². The van der Waals surface area contributed by atoms with Gasteiger partial charge < -0.3 is 10.6 Å². The molecule has 3 rings (SSSR count). The number of amidine groups is 1. The minimum absolute atomic E-state index is 0.0191. The molecule has 0 radical (unpaired) electrons. The topological polar surface area (TPSA) is 82.9 Å². The van der Waals surface area contributed by atoms with Crippen LogP contribution in [0.1, 0.15) is 45.6 Å². The first-order valence-electron chi connectivity index (χ1n) is 9.68. The lowest BCUT2D eigenvalue weighted by Crippen LogP contribution is -2.28. The van der Waals surface area contributed by atoms with E-state index in [-0.39, 0.29) is 23.4 Å². The predicted octanol–water partition coefficient (Wildman–Crippen LogP) is 4.74. The van der Waals surface area contributed by atoms with Gasteiger partial charge in [0.05, 0.1) is 11.3 Å². The van der Waals surface area contributed by atoms with E-state index < -0.39 is 22.9 Å². The highest BCUT2D eigenvalue weighted by Crippen LogP contribution is 2.34. The van der Waals surface area contributed by atoms with Crippen molar-refractivity contribution in [3.8, 4) is 0 Å². The predicted molar refractivity (Wildman–Crippen MR) is 116 cm³/mol. The van der Waals surface area contributed by atoms with Gasteiger partial charge in [-0.1, -0.05) is 37.2 Å². The first-order chi connectivity index (χ1) is 14.4. The maximum absolute atomic E-state index is 12.8. The van der Waals surface area contributed by atoms with Gasteiger partial charge >= 0.3 is 6.18 Å². The minimum Gasteiger partial charge on any atom is -0.326 e. The Kier molecular flexibility index (Phi) is 6.59. The van der Waals surface area contributed by atoms with Crippen molar-refractivity contribution >= 4 is 40.1 Å². The number of anilines is 1. The van der Waals surface area contributed by atoms with Gasteiger partial charge in [-0.15, -0.1) is 5.10 Å². The monoisotopic (exact) mass is 452 g/mol. The van der Waals surface area contributed by atoms with Crippen molar-refractivity contribution in [3.63, 3.8) is 0 Å². The van der Waals surface area contributed by atoms with E-state index in [1.54, 1.807) is 0 Å². The molecule has 10 heteroatoms. The third-order valence-electron chi connectivity index (χ3n) is 4.72. The molecule has 1 aromatic carbocycles. The number of allylic oxidation sites excluding steroid dienone is 2. The van der Waals surface area contributed by atoms with E-state index in [0.29, 0.717) is 5.17 Å². The fourth-order valence-corrected chi connectivity index (χ4v) is 4.53. The number of carbonyl (C=O) groups excluding carboxylic acids is 2. The zero-order valence-corrected chi connectivity index (χ0v) is 18.2. The van der Waals surface area contributed by atoms with Crippen LogP contribution in [0.25, 0.3) is 0 Å². The van der Waals surface area contributed by atoms with Crippen LogP contribution in [0.5, 0.6) is 0 Å². The molecule has 1 aliphatic carbocycles. The SMILES string of the molecule is CC1=C/C(=N/N=C2\NC(=O)[C@H](CC(=O)Nc3cccc(C(F)(F)F)c3)S2)CC(C)(C)C1. The molecule has 2 aliphatic rings. The van der Waals surface area contributed by atoms with Gasteiger partial charge in [-0.05, 0) is 49.5 Å². The second-order valence-electron chi connectivity index (χ2n) is 8.43. The van der Waals surface area contributed by atoms with Crippen LogP contribution in [0.4, 0.5) is 18.9 Å². The van der Waals surface area contributed by atoms with E-state index in [1.165, 1.54) is 17.7 Å². The second kappa shape index (κ2) is 8.86. The van der Waals surface area contributed by atoms with Crippen molar-refractivity contribution in [3.05, 3.63) is 41.5 Å². The Bertz CT molecular complexity index is 983. The number of hydrogen-bond donors (Lipinski definition) is 2. The summed E-state index contributed by atoms with van der Waals surface area (Å²) >= 11 is 1.08. The molecule has 0 unspecified atom stereocenters. The Morgan fingerprint density at radius 1 is 1.29 bits per heavy atom. The third-order valence-corrected chi connectivity index (χ3v) is 5.79. The number of nitrogens with one attached hydrogen (secondary N) is 2. The molecular weight excluding hydrogens is 429 g/mol. The van der Waals surface area contributed by atoms with Gasteiger partial charge in [0.2, 0.25) is 11.8 Å². The number of carbonyl (C=O) groups is 2. The van der Waals surface area contributed by atoms with E-state index in [2.05, 4.69) is 34.7 Å². The molecule has 2 N–H and O–H groups in total. The van der Waals surface area contributed by atoms with Crippen LogP contribution in [0.3, 0.4) is 0 Å². The summed E-state index contributed by atoms with van der Waals surface area (Å²) < 4.78 is 38.4. The average Bonchev–Trinajstić information content (AvgIpc) is 2.97. The molecule has 2 amide bonds. The minimum atomic E-state index is -4.50. The van der Waals surface area contributed by atoms with Gasteiger partial charge in [0.15, 0.2) is 5.17 Å². The molecule has 1 atom stereocenters. The number of rotatable bonds is 4. The Morgan fingerprint density at radius 2 is 2.03 bits per heavy atom. The summed E-state index contributed by atoms with van der Waals surface area (Å²) in [6, 6.07) is 4.34. The molecule has 0 aromatic heterocycles. The molecule has 1 fully saturated rings. The zero-order chi connectivity index (χ0) is 22.8. The summed E-state index contributed by atoms with van der Waals surface area (Å²) in [5.74, 6) is -0.953. The highest BCUT2D eigenvalue weighted by atomic mass is 32.2. The molecule has 0 spiro atoms. The summed E-state index contributed by atoms with van der Waals surface area (Å²) in [6.07, 6.45) is -0.971. The lowest BCUT2D eigenvalue weighted by molar-refractivity contribution is -0.137. The molecule has 1 heterocycles. The number of amides is 2. The van der Waals surface area contributed by atoms with Gasteiger partial charge in [0.1, 0.15) is 5.25 Å². The molecule has 1 aliphatic heterocycles. The normalized spacial score (nSPS) is 23.6. The quantitative estimate of drug-likeness (QED) is 0.647. The second-order valence-corrected chi connectivity index (χ2v) is 9.62. The van der Waals surface area contributed by atoms with Crippen molar-refractivity contribution < 1.29 is 22.8 Å². The first kappa shape index (κ1) is 23.1. The summed E-state index contributed by atoms with van der Waals surface area (Å²) in [7, 11) is 0. The summed E-state index contributed by atoms with van der Waals surface area (Å²) in [5, 5.41) is 12.9. The van der Waals surface area contributed by atoms with Crippen molar-refractivity contribution in [2.45, 2.75) is 51.5 Å². The van der Waals surface area contributed by atoms with Crippen LogP contribution in [-0.2, 0) is 15.8 Å². The Balaban J connectivity index is 1.61. The maximum atomic E-state index is 12.8. The standard InChI is InChI=1S/C21H23F3N4O2S/c1-12-7-15(11-20(2,3)10-12)27-28-19-26-18(30)16(31-19)9-17(29)25-14-6-4-5-13(8-14)21(22,23)24/h4-8,16H,9-11H2,1-3H3,(H,25,29)(H,26,28,30)/b27-15-/t16-/m0/s1. The van der Waals surface area contributed by atoms with E-state index in [1.807, 2.05) is 13.0 Å². The summed E-state index contributed by atoms with van der Waals surface area (Å²) in [4.78, 5) is 24.4. The van der Waals surface area contributed by atoms with Crippen molar-refractivity contribution in [1.82, 2.24) is 5.32 Å². The highest BCUT2D eigenvalue weighted by Gasteiger charge is 2.33. The summed E-state index contributed by atoms with van der Waals surface area (Å²) in [6.45, 7) is 6.34. The van der Waals surface area contributed by atoms with Gasteiger partial charge in [0, 0.05) is 12.1 Å². The number of benzene rings is 1. The van der Waals surface area contributed by atoms with E-state index in [9.17, 15) is 22.8 Å². The van der Waals surface area contributed by atoms with Crippen molar-refractivity contribution in [1.29, 1.82) is 0 Å². The highest BCUT2D eigenvalue weighted by molar-refractivity contribution is 8.15. The Labute approximate surface area is 182 Å². The van der Waals surface area contributed by atoms with Crippen LogP contribution in [0, 0.1) is 5.41 Å². The number of alkyl halides is 3. The molecule has 0 bridgehead atoms. The smallest absolute Gasteiger partial charge is 0.326 e. The molecule has 31 heavy (non-hydrogen) atoms. The Hall–Kier alpha value is -2.62. The molecular formula is C21H23F3N4O2S. The Morgan fingerprint density at radius 3 is 2.71 bits per heavy atom. The van der Waals surface area contributed by atoms with Crippen LogP contribution in [0.15, 0.2) is 46.1 Å². The molecule has 166 valence electrons. The number of thioether (sulfide) groups is 1. The zero-order valence-electron chi connectivity index (χ0n) is 17.3. The van der Waals surface area contributed by atoms with E-state index in [4.69, 9.17) is 0 Å². The lowest BCUT2D eigenvalue weighted by Gasteiger charge is -2.28. The van der Waals surface area contributed by atoms with E-state index in [0.717, 1.165) is 42.4 Å². The van der Waals surface area contributed by atoms with Crippen molar-refractivity contribution in [2.75, 3.05) is 5.32 Å². The largest absolute Gasteiger partial charge is 0.416 e. The maximum Gasteiger partial charge on any atom is 0.416 e. The fourth-order valence-electron chi connectivity index (χ4n) is 3.61. The van der Waals surface area contributed by atoms with Gasteiger partial charge in [-0.3, -0.25) is 9.59 Å². The summed E-state index contributed by atoms with van der Waals surface area (Å²) in [5.41, 5.74) is 1.28. The fraction of sp³-hybridized carbons (Fsp3) is 0.429. The number of nitrogens with zero attached hydrogens (tertiary/aromatic N) is 2. The molecule has 1 aromatic rings. The van der Waals surface area contributed by atoms with Gasteiger partial charge in [-0.2, -0.15) is 18.3 Å². The molecule has 1 saturated heterocycles. The molecule has 6 nitrogen and oxygen atoms in total. The van der Waals surface area contributed by atoms with Crippen LogP contribution in [-0.4, -0.2) is 27.9 Å². The third kappa shape index (κ3) is 6.43. The molecule has 0 saturated carbocycles. The number of halogens is 3. The lowest BCUT2D eigenvalue weighted by atomic mass is 9.77. The average molecular weight is 453 g/mol. The van der Waals surface area contributed by atoms with Crippen molar-refractivity contribution in [2.24, 2.45) is 15.6 Å². The van der Waals surface area contributed by atoms with Gasteiger partial charge in [-0.25, -0.2) is 0 Å².